The van der Waals surface area contributed by atoms with Gasteiger partial charge in [0.1, 0.15) is 5.70 Å². The van der Waals surface area contributed by atoms with Gasteiger partial charge in [0.05, 0.1) is 7.11 Å². The van der Waals surface area contributed by atoms with Gasteiger partial charge in [-0.15, -0.1) is 6.58 Å². The van der Waals surface area contributed by atoms with Crippen molar-refractivity contribution in [3.8, 4) is 11.5 Å². The first kappa shape index (κ1) is 19.0. The lowest BCUT2D eigenvalue weighted by Gasteiger charge is -2.11. The molecule has 2 N–H and O–H groups in total. The summed E-state index contributed by atoms with van der Waals surface area (Å²) in [5, 5.41) is 5.05. The monoisotopic (exact) mass is 332 g/mol. The van der Waals surface area contributed by atoms with Crippen LogP contribution in [0.25, 0.3) is 6.08 Å². The first-order chi connectivity index (χ1) is 11.4. The summed E-state index contributed by atoms with van der Waals surface area (Å²) in [5.74, 6) is -0.710. The number of esters is 1. The zero-order valence-electron chi connectivity index (χ0n) is 13.8. The Morgan fingerprint density at radius 1 is 1.21 bits per heavy atom. The van der Waals surface area contributed by atoms with Gasteiger partial charge in [0.2, 0.25) is 5.91 Å². The molecule has 7 heteroatoms. The molecule has 0 spiro atoms. The molecular formula is C17H20N2O5. The molecular weight excluding hydrogens is 312 g/mol. The largest absolute Gasteiger partial charge is 0.493 e. The summed E-state index contributed by atoms with van der Waals surface area (Å²) >= 11 is 0. The second kappa shape index (κ2) is 9.14. The maximum Gasteiger partial charge on any atom is 0.308 e. The van der Waals surface area contributed by atoms with Crippen LogP contribution in [0.1, 0.15) is 19.4 Å². The van der Waals surface area contributed by atoms with E-state index in [1.807, 2.05) is 0 Å². The second-order valence-electron chi connectivity index (χ2n) is 4.74. The molecule has 0 heterocycles. The molecule has 0 aromatic heterocycles. The number of hydrogen-bond donors (Lipinski definition) is 2. The van der Waals surface area contributed by atoms with E-state index in [4.69, 9.17) is 9.47 Å². The number of rotatable bonds is 7. The Morgan fingerprint density at radius 2 is 1.92 bits per heavy atom. The van der Waals surface area contributed by atoms with Crippen LogP contribution in [0, 0.1) is 0 Å². The number of methoxy groups -OCH3 is 1. The number of amides is 2. The highest BCUT2D eigenvalue weighted by Crippen LogP contribution is 2.29. The van der Waals surface area contributed by atoms with E-state index in [9.17, 15) is 14.4 Å². The molecule has 24 heavy (non-hydrogen) atoms. The molecule has 0 fully saturated rings. The van der Waals surface area contributed by atoms with E-state index >= 15 is 0 Å². The molecule has 0 saturated carbocycles. The third-order valence-electron chi connectivity index (χ3n) is 2.71. The summed E-state index contributed by atoms with van der Waals surface area (Å²) in [6.45, 7) is 6.37. The molecule has 0 bridgehead atoms. The topological polar surface area (TPSA) is 93.7 Å². The van der Waals surface area contributed by atoms with Crippen molar-refractivity contribution in [1.82, 2.24) is 10.6 Å². The Morgan fingerprint density at radius 3 is 2.46 bits per heavy atom. The van der Waals surface area contributed by atoms with Crippen LogP contribution in [-0.4, -0.2) is 31.4 Å². The summed E-state index contributed by atoms with van der Waals surface area (Å²) < 4.78 is 10.2. The maximum atomic E-state index is 12.1. The first-order valence-corrected chi connectivity index (χ1v) is 7.12. The molecule has 1 aromatic carbocycles. The van der Waals surface area contributed by atoms with Gasteiger partial charge < -0.3 is 20.1 Å². The van der Waals surface area contributed by atoms with Crippen LogP contribution in [0.2, 0.25) is 0 Å². The quantitative estimate of drug-likeness (QED) is 0.341. The van der Waals surface area contributed by atoms with Crippen molar-refractivity contribution >= 4 is 23.9 Å². The van der Waals surface area contributed by atoms with Gasteiger partial charge in [-0.25, -0.2) is 0 Å². The van der Waals surface area contributed by atoms with Crippen molar-refractivity contribution in [2.45, 2.75) is 13.8 Å². The lowest BCUT2D eigenvalue weighted by molar-refractivity contribution is -0.132. The second-order valence-corrected chi connectivity index (χ2v) is 4.74. The van der Waals surface area contributed by atoms with Crippen molar-refractivity contribution in [3.63, 3.8) is 0 Å². The minimum atomic E-state index is -0.473. The highest BCUT2D eigenvalue weighted by molar-refractivity contribution is 6.01. The fraction of sp³-hybridized carbons (Fsp3) is 0.235. The number of benzene rings is 1. The first-order valence-electron chi connectivity index (χ1n) is 7.12. The van der Waals surface area contributed by atoms with Gasteiger partial charge in [-0.1, -0.05) is 12.1 Å². The fourth-order valence-corrected chi connectivity index (χ4v) is 1.79. The molecule has 1 aromatic rings. The van der Waals surface area contributed by atoms with Crippen LogP contribution >= 0.6 is 0 Å². The molecule has 0 atom stereocenters. The molecule has 128 valence electrons. The zero-order chi connectivity index (χ0) is 18.1. The van der Waals surface area contributed by atoms with Crippen LogP contribution in [-0.2, 0) is 14.4 Å². The van der Waals surface area contributed by atoms with E-state index in [0.29, 0.717) is 11.3 Å². The van der Waals surface area contributed by atoms with E-state index in [1.165, 1.54) is 33.1 Å². The van der Waals surface area contributed by atoms with Crippen LogP contribution in [0.15, 0.2) is 36.6 Å². The Bertz CT molecular complexity index is 680. The van der Waals surface area contributed by atoms with Gasteiger partial charge in [-0.2, -0.15) is 0 Å². The number of ether oxygens (including phenoxy) is 2. The SMILES string of the molecule is C=CCNC(=O)C(=Cc1ccc(OC(C)=O)c(OC)c1)NC(C)=O. The lowest BCUT2D eigenvalue weighted by atomic mass is 10.1. The van der Waals surface area contributed by atoms with Gasteiger partial charge in [0.25, 0.3) is 5.91 Å². The Labute approximate surface area is 140 Å². The van der Waals surface area contributed by atoms with Crippen molar-refractivity contribution in [2.24, 2.45) is 0 Å². The third kappa shape index (κ3) is 5.96. The summed E-state index contributed by atoms with van der Waals surface area (Å²) in [6.07, 6.45) is 3.01. The van der Waals surface area contributed by atoms with E-state index in [1.54, 1.807) is 18.2 Å². The highest BCUT2D eigenvalue weighted by Gasteiger charge is 2.12. The predicted octanol–water partition coefficient (Wildman–Crippen LogP) is 1.40. The maximum absolute atomic E-state index is 12.1. The molecule has 1 rings (SSSR count). The Kier molecular flexibility index (Phi) is 7.22. The molecule has 0 aliphatic heterocycles. The fourth-order valence-electron chi connectivity index (χ4n) is 1.79. The summed E-state index contributed by atoms with van der Waals surface area (Å²) in [4.78, 5) is 34.4. The van der Waals surface area contributed by atoms with E-state index < -0.39 is 11.9 Å². The van der Waals surface area contributed by atoms with Gasteiger partial charge >= 0.3 is 5.97 Å². The van der Waals surface area contributed by atoms with E-state index in [-0.39, 0.29) is 23.9 Å². The molecule has 0 radical (unpaired) electrons. The predicted molar refractivity (Wildman–Crippen MR) is 89.3 cm³/mol. The van der Waals surface area contributed by atoms with Gasteiger partial charge in [0, 0.05) is 20.4 Å². The van der Waals surface area contributed by atoms with Crippen molar-refractivity contribution in [2.75, 3.05) is 13.7 Å². The van der Waals surface area contributed by atoms with E-state index in [2.05, 4.69) is 17.2 Å². The van der Waals surface area contributed by atoms with Gasteiger partial charge in [-0.05, 0) is 23.8 Å². The number of carbonyl (C=O) groups is 3. The highest BCUT2D eigenvalue weighted by atomic mass is 16.6. The number of nitrogens with one attached hydrogen (secondary N) is 2. The summed E-state index contributed by atoms with van der Waals surface area (Å²) in [6, 6.07) is 4.75. The van der Waals surface area contributed by atoms with E-state index in [0.717, 1.165) is 0 Å². The molecule has 0 aliphatic carbocycles. The molecule has 0 aliphatic rings. The van der Waals surface area contributed by atoms with Crippen molar-refractivity contribution < 1.29 is 23.9 Å². The number of hydrogen-bond acceptors (Lipinski definition) is 5. The standard InChI is InChI=1S/C17H20N2O5/c1-5-8-18-17(22)14(19-11(2)20)9-13-6-7-15(24-12(3)21)16(10-13)23-4/h5-7,9-10H,1,8H2,2-4H3,(H,18,22)(H,19,20). The third-order valence-corrected chi connectivity index (χ3v) is 2.71. The summed E-state index contributed by atoms with van der Waals surface area (Å²) in [5.41, 5.74) is 0.659. The van der Waals surface area contributed by atoms with Crippen LogP contribution in [0.5, 0.6) is 11.5 Å². The minimum Gasteiger partial charge on any atom is -0.493 e. The van der Waals surface area contributed by atoms with Crippen molar-refractivity contribution in [1.29, 1.82) is 0 Å². The smallest absolute Gasteiger partial charge is 0.308 e. The van der Waals surface area contributed by atoms with Gasteiger partial charge in [-0.3, -0.25) is 14.4 Å². The average molecular weight is 332 g/mol. The molecule has 0 unspecified atom stereocenters. The van der Waals surface area contributed by atoms with Crippen LogP contribution in [0.3, 0.4) is 0 Å². The molecule has 2 amide bonds. The minimum absolute atomic E-state index is 0.0756. The van der Waals surface area contributed by atoms with Gasteiger partial charge in [0.15, 0.2) is 11.5 Å². The lowest BCUT2D eigenvalue weighted by Crippen LogP contribution is -2.33. The molecule has 7 nitrogen and oxygen atoms in total. The van der Waals surface area contributed by atoms with Crippen molar-refractivity contribution in [3.05, 3.63) is 42.1 Å². The average Bonchev–Trinajstić information content (AvgIpc) is 2.52. The van der Waals surface area contributed by atoms with Crippen LogP contribution in [0.4, 0.5) is 0 Å². The number of carbonyl (C=O) groups excluding carboxylic acids is 3. The molecule has 0 saturated heterocycles. The zero-order valence-corrected chi connectivity index (χ0v) is 13.8. The normalized spacial score (nSPS) is 10.5. The van der Waals surface area contributed by atoms with Crippen LogP contribution < -0.4 is 20.1 Å². The Balaban J connectivity index is 3.15. The summed E-state index contributed by atoms with van der Waals surface area (Å²) in [7, 11) is 1.43. The Hall–Kier alpha value is -3.09.